The normalized spacial score (nSPS) is 10.9. The molecule has 0 aliphatic rings. The van der Waals surface area contributed by atoms with Crippen LogP contribution in [0.25, 0.3) is 0 Å². The van der Waals surface area contributed by atoms with Crippen molar-refractivity contribution in [3.63, 3.8) is 0 Å². The van der Waals surface area contributed by atoms with Gasteiger partial charge in [-0.1, -0.05) is 30.3 Å². The Morgan fingerprint density at radius 2 is 1.46 bits per heavy atom. The number of carbonyl (C=O) groups excluding carboxylic acids is 3. The van der Waals surface area contributed by atoms with Gasteiger partial charge in [0.05, 0.1) is 16.8 Å². The van der Waals surface area contributed by atoms with Gasteiger partial charge in [0.15, 0.2) is 0 Å². The molecule has 0 aliphatic carbocycles. The van der Waals surface area contributed by atoms with Gasteiger partial charge in [0, 0.05) is 24.3 Å². The molecule has 4 N–H and O–H groups in total. The second-order valence-corrected chi connectivity index (χ2v) is 7.24. The Labute approximate surface area is 197 Å². The molecule has 7 nitrogen and oxygen atoms in total. The van der Waals surface area contributed by atoms with Crippen LogP contribution in [0.5, 0.6) is 0 Å². The fraction of sp³-hybridized carbons (Fsp3) is 0.125. The van der Waals surface area contributed by atoms with Crippen LogP contribution in [-0.2, 0) is 11.0 Å². The number of para-hydroxylation sites is 1. The summed E-state index contributed by atoms with van der Waals surface area (Å²) in [6.07, 6.45) is -5.14. The number of amides is 4. The maximum Gasteiger partial charge on any atom is 0.418 e. The van der Waals surface area contributed by atoms with Gasteiger partial charge >= 0.3 is 12.2 Å². The van der Waals surface area contributed by atoms with Crippen molar-refractivity contribution in [1.82, 2.24) is 5.32 Å². The van der Waals surface area contributed by atoms with Gasteiger partial charge in [-0.15, -0.1) is 0 Å². The van der Waals surface area contributed by atoms with Crippen LogP contribution >= 0.6 is 0 Å². The quantitative estimate of drug-likeness (QED) is 0.342. The zero-order valence-corrected chi connectivity index (χ0v) is 18.1. The molecule has 11 heteroatoms. The van der Waals surface area contributed by atoms with E-state index in [9.17, 15) is 31.9 Å². The maximum atomic E-state index is 13.8. The molecule has 0 aromatic heterocycles. The predicted molar refractivity (Wildman–Crippen MR) is 123 cm³/mol. The molecule has 0 radical (unpaired) electrons. The lowest BCUT2D eigenvalue weighted by Gasteiger charge is -2.16. The van der Waals surface area contributed by atoms with Crippen LogP contribution in [0.15, 0.2) is 72.8 Å². The van der Waals surface area contributed by atoms with E-state index in [1.807, 2.05) is 0 Å². The van der Waals surface area contributed by atoms with E-state index in [2.05, 4.69) is 21.3 Å². The van der Waals surface area contributed by atoms with Gasteiger partial charge in [-0.2, -0.15) is 13.2 Å². The Balaban J connectivity index is 1.61. The van der Waals surface area contributed by atoms with Gasteiger partial charge in [-0.05, 0) is 42.5 Å². The first-order chi connectivity index (χ1) is 16.6. The third-order valence-corrected chi connectivity index (χ3v) is 4.64. The van der Waals surface area contributed by atoms with Crippen molar-refractivity contribution in [2.45, 2.75) is 12.6 Å². The van der Waals surface area contributed by atoms with Crippen LogP contribution in [0.1, 0.15) is 22.3 Å². The molecule has 0 saturated carbocycles. The fourth-order valence-corrected chi connectivity index (χ4v) is 3.01. The lowest BCUT2D eigenvalue weighted by molar-refractivity contribution is -0.136. The van der Waals surface area contributed by atoms with Crippen LogP contribution in [-0.4, -0.2) is 24.4 Å². The van der Waals surface area contributed by atoms with E-state index in [4.69, 9.17) is 0 Å². The Morgan fingerprint density at radius 1 is 0.771 bits per heavy atom. The molecule has 3 rings (SSSR count). The minimum absolute atomic E-state index is 0.122. The largest absolute Gasteiger partial charge is 0.418 e. The first-order valence-electron chi connectivity index (χ1n) is 10.3. The van der Waals surface area contributed by atoms with E-state index in [0.29, 0.717) is 11.8 Å². The van der Waals surface area contributed by atoms with Crippen molar-refractivity contribution in [2.75, 3.05) is 22.5 Å². The van der Waals surface area contributed by atoms with E-state index < -0.39 is 41.1 Å². The molecule has 0 unspecified atom stereocenters. The average molecular weight is 488 g/mol. The molecule has 3 aromatic rings. The number of alkyl halides is 3. The van der Waals surface area contributed by atoms with Crippen molar-refractivity contribution in [1.29, 1.82) is 0 Å². The number of halogens is 4. The molecule has 182 valence electrons. The minimum atomic E-state index is -4.85. The molecule has 0 fully saturated rings. The van der Waals surface area contributed by atoms with E-state index in [-0.39, 0.29) is 24.2 Å². The summed E-state index contributed by atoms with van der Waals surface area (Å²) >= 11 is 0. The molecular weight excluding hydrogens is 468 g/mol. The smallest absolute Gasteiger partial charge is 0.337 e. The third kappa shape index (κ3) is 7.29. The van der Waals surface area contributed by atoms with Crippen molar-refractivity contribution in [3.05, 3.63) is 89.7 Å². The molecule has 35 heavy (non-hydrogen) atoms. The number of hydrogen-bond acceptors (Lipinski definition) is 3. The van der Waals surface area contributed by atoms with Gasteiger partial charge < -0.3 is 21.3 Å². The van der Waals surface area contributed by atoms with E-state index in [1.54, 1.807) is 30.3 Å². The van der Waals surface area contributed by atoms with Crippen LogP contribution in [0, 0.1) is 5.82 Å². The van der Waals surface area contributed by atoms with Crippen LogP contribution < -0.4 is 21.3 Å². The number of urea groups is 1. The molecule has 0 saturated heterocycles. The number of carbonyl (C=O) groups is 3. The Kier molecular flexibility index (Phi) is 8.03. The van der Waals surface area contributed by atoms with Crippen molar-refractivity contribution >= 4 is 34.9 Å². The average Bonchev–Trinajstić information content (AvgIpc) is 2.80. The summed E-state index contributed by atoms with van der Waals surface area (Å²) in [5.74, 6) is -2.51. The van der Waals surface area contributed by atoms with E-state index in [0.717, 1.165) is 18.2 Å². The minimum Gasteiger partial charge on any atom is -0.337 e. The molecular formula is C24H20F4N4O3. The molecule has 0 bridgehead atoms. The van der Waals surface area contributed by atoms with Crippen molar-refractivity contribution < 1.29 is 31.9 Å². The number of hydrogen-bond donors (Lipinski definition) is 4. The molecule has 0 heterocycles. The van der Waals surface area contributed by atoms with Gasteiger partial charge in [-0.3, -0.25) is 9.59 Å². The summed E-state index contributed by atoms with van der Waals surface area (Å²) < 4.78 is 54.5. The van der Waals surface area contributed by atoms with Gasteiger partial charge in [0.25, 0.3) is 5.91 Å². The molecule has 4 amide bonds. The first-order valence-corrected chi connectivity index (χ1v) is 10.3. The number of anilines is 3. The molecule has 0 aliphatic heterocycles. The number of nitrogens with one attached hydrogen (secondary N) is 4. The summed E-state index contributed by atoms with van der Waals surface area (Å²) in [6.45, 7) is -0.122. The van der Waals surface area contributed by atoms with Crippen molar-refractivity contribution in [2.24, 2.45) is 0 Å². The molecule has 0 spiro atoms. The van der Waals surface area contributed by atoms with Gasteiger partial charge in [-0.25, -0.2) is 9.18 Å². The predicted octanol–water partition coefficient (Wildman–Crippen LogP) is 5.25. The number of benzene rings is 3. The highest BCUT2D eigenvalue weighted by molar-refractivity contribution is 6.04. The lowest BCUT2D eigenvalue weighted by Crippen LogP contribution is -2.31. The number of rotatable bonds is 7. The zero-order valence-electron chi connectivity index (χ0n) is 18.1. The molecule has 0 atom stereocenters. The highest BCUT2D eigenvalue weighted by Gasteiger charge is 2.34. The SMILES string of the molecule is O=C(CCNC(=O)Nc1ccccc1)Nc1ccc(NC(=O)c2ccccc2F)cc1C(F)(F)F. The second-order valence-electron chi connectivity index (χ2n) is 7.24. The zero-order chi connectivity index (χ0) is 25.4. The standard InChI is InChI=1S/C24H20F4N4O3/c25-19-9-5-4-8-17(19)22(34)30-16-10-11-20(18(14-16)24(26,27)28)32-21(33)12-13-29-23(35)31-15-6-2-1-3-7-15/h1-11,14H,12-13H2,(H,30,34)(H,32,33)(H2,29,31,35). The summed E-state index contributed by atoms with van der Waals surface area (Å²) in [7, 11) is 0. The Morgan fingerprint density at radius 3 is 2.14 bits per heavy atom. The highest BCUT2D eigenvalue weighted by Crippen LogP contribution is 2.36. The maximum absolute atomic E-state index is 13.8. The van der Waals surface area contributed by atoms with Crippen LogP contribution in [0.2, 0.25) is 0 Å². The summed E-state index contributed by atoms with van der Waals surface area (Å²) in [6, 6.07) is 15.8. The monoisotopic (exact) mass is 488 g/mol. The van der Waals surface area contributed by atoms with E-state index >= 15 is 0 Å². The summed E-state index contributed by atoms with van der Waals surface area (Å²) in [5.41, 5.74) is -1.76. The van der Waals surface area contributed by atoms with Gasteiger partial charge in [0.2, 0.25) is 5.91 Å². The Bertz CT molecular complexity index is 1220. The second kappa shape index (κ2) is 11.1. The topological polar surface area (TPSA) is 99.3 Å². The third-order valence-electron chi connectivity index (χ3n) is 4.64. The summed E-state index contributed by atoms with van der Waals surface area (Å²) in [4.78, 5) is 36.2. The first kappa shape index (κ1) is 25.2. The van der Waals surface area contributed by atoms with Crippen LogP contribution in [0.3, 0.4) is 0 Å². The lowest BCUT2D eigenvalue weighted by atomic mass is 10.1. The Hall–Kier alpha value is -4.41. The van der Waals surface area contributed by atoms with E-state index in [1.165, 1.54) is 18.2 Å². The molecule has 3 aromatic carbocycles. The van der Waals surface area contributed by atoms with Gasteiger partial charge in [0.1, 0.15) is 5.82 Å². The fourth-order valence-electron chi connectivity index (χ4n) is 3.01. The van der Waals surface area contributed by atoms with Crippen LogP contribution in [0.4, 0.5) is 39.4 Å². The van der Waals surface area contributed by atoms with Crippen molar-refractivity contribution in [3.8, 4) is 0 Å². The highest BCUT2D eigenvalue weighted by atomic mass is 19.4. The summed E-state index contributed by atoms with van der Waals surface area (Å²) in [5, 5.41) is 9.35.